The van der Waals surface area contributed by atoms with Gasteiger partial charge in [0.2, 0.25) is 6.23 Å². The molecule has 3 heteroatoms. The minimum atomic E-state index is -0.331. The molecule has 0 aromatic carbocycles. The van der Waals surface area contributed by atoms with E-state index in [0.717, 1.165) is 11.0 Å². The van der Waals surface area contributed by atoms with Gasteiger partial charge in [-0.25, -0.2) is 4.79 Å². The SMILES string of the molecule is C=CC(=O)OC(C)[N+](C)(C)CCCCCCCCCCCCC. The largest absolute Gasteiger partial charge is 0.410 e. The Hall–Kier alpha value is -0.830. The first-order valence-corrected chi connectivity index (χ1v) is 9.59. The topological polar surface area (TPSA) is 26.3 Å². The lowest BCUT2D eigenvalue weighted by Crippen LogP contribution is -2.49. The van der Waals surface area contributed by atoms with Gasteiger partial charge in [-0.2, -0.15) is 0 Å². The summed E-state index contributed by atoms with van der Waals surface area (Å²) < 4.78 is 6.05. The molecule has 136 valence electrons. The molecule has 0 aliphatic rings. The lowest BCUT2D eigenvalue weighted by molar-refractivity contribution is -0.932. The molecule has 0 amide bonds. The predicted octanol–water partition coefficient (Wildman–Crippen LogP) is 5.45. The Morgan fingerprint density at radius 2 is 1.39 bits per heavy atom. The fraction of sp³-hybridized carbons (Fsp3) is 0.850. The van der Waals surface area contributed by atoms with Gasteiger partial charge in [-0.1, -0.05) is 71.3 Å². The highest BCUT2D eigenvalue weighted by atomic mass is 16.6. The van der Waals surface area contributed by atoms with Crippen LogP contribution in [-0.2, 0) is 9.53 Å². The summed E-state index contributed by atoms with van der Waals surface area (Å²) in [6, 6.07) is 0. The van der Waals surface area contributed by atoms with Gasteiger partial charge < -0.3 is 4.74 Å². The number of carbonyl (C=O) groups is 1. The van der Waals surface area contributed by atoms with E-state index in [0.29, 0.717) is 0 Å². The van der Waals surface area contributed by atoms with Gasteiger partial charge >= 0.3 is 5.97 Å². The summed E-state index contributed by atoms with van der Waals surface area (Å²) in [6.07, 6.45) is 16.0. The molecule has 0 N–H and O–H groups in total. The lowest BCUT2D eigenvalue weighted by atomic mass is 10.1. The molecular formula is C20H40NO2+. The molecule has 0 aromatic rings. The average Bonchev–Trinajstić information content (AvgIpc) is 2.52. The number of hydrogen-bond donors (Lipinski definition) is 0. The second kappa shape index (κ2) is 13.6. The number of rotatable bonds is 15. The van der Waals surface area contributed by atoms with E-state index in [1.54, 1.807) is 0 Å². The van der Waals surface area contributed by atoms with Crippen LogP contribution in [0.1, 0.15) is 84.5 Å². The molecule has 0 bridgehead atoms. The maximum absolute atomic E-state index is 11.3. The van der Waals surface area contributed by atoms with Gasteiger partial charge in [-0.3, -0.25) is 4.48 Å². The number of ether oxygens (including phenoxy) is 1. The predicted molar refractivity (Wildman–Crippen MR) is 99.2 cm³/mol. The van der Waals surface area contributed by atoms with Gasteiger partial charge in [0, 0.05) is 13.0 Å². The molecule has 0 radical (unpaired) electrons. The minimum absolute atomic E-state index is 0.122. The summed E-state index contributed by atoms with van der Waals surface area (Å²) >= 11 is 0. The van der Waals surface area contributed by atoms with Crippen LogP contribution in [0.4, 0.5) is 0 Å². The molecule has 3 nitrogen and oxygen atoms in total. The molecule has 0 heterocycles. The molecule has 0 aromatic heterocycles. The van der Waals surface area contributed by atoms with Gasteiger partial charge in [-0.05, 0) is 12.8 Å². The summed E-state index contributed by atoms with van der Waals surface area (Å²) in [5, 5.41) is 0. The Morgan fingerprint density at radius 1 is 0.957 bits per heavy atom. The molecule has 1 unspecified atom stereocenters. The zero-order valence-electron chi connectivity index (χ0n) is 16.1. The Morgan fingerprint density at radius 3 is 1.83 bits per heavy atom. The minimum Gasteiger partial charge on any atom is -0.410 e. The van der Waals surface area contributed by atoms with Crippen molar-refractivity contribution in [2.75, 3.05) is 20.6 Å². The summed E-state index contributed by atoms with van der Waals surface area (Å²) in [7, 11) is 4.24. The van der Waals surface area contributed by atoms with Gasteiger partial charge in [0.25, 0.3) is 0 Å². The van der Waals surface area contributed by atoms with Gasteiger partial charge in [-0.15, -0.1) is 0 Å². The Labute approximate surface area is 144 Å². The third kappa shape index (κ3) is 12.3. The monoisotopic (exact) mass is 326 g/mol. The van der Waals surface area contributed by atoms with E-state index in [1.165, 1.54) is 76.7 Å². The molecule has 0 rings (SSSR count). The highest BCUT2D eigenvalue weighted by Crippen LogP contribution is 2.14. The van der Waals surface area contributed by atoms with Crippen molar-refractivity contribution < 1.29 is 14.0 Å². The number of quaternary nitrogens is 1. The number of unbranched alkanes of at least 4 members (excludes halogenated alkanes) is 10. The number of carbonyl (C=O) groups excluding carboxylic acids is 1. The van der Waals surface area contributed by atoms with Crippen LogP contribution in [0.3, 0.4) is 0 Å². The van der Waals surface area contributed by atoms with Gasteiger partial charge in [0.1, 0.15) is 0 Å². The van der Waals surface area contributed by atoms with E-state index in [9.17, 15) is 4.79 Å². The van der Waals surface area contributed by atoms with Crippen LogP contribution in [0.5, 0.6) is 0 Å². The second-order valence-corrected chi connectivity index (χ2v) is 7.28. The summed E-state index contributed by atoms with van der Waals surface area (Å²) in [5.74, 6) is -0.331. The number of hydrogen-bond acceptors (Lipinski definition) is 2. The van der Waals surface area contributed by atoms with Crippen LogP contribution in [0.2, 0.25) is 0 Å². The molecule has 0 saturated carbocycles. The van der Waals surface area contributed by atoms with Crippen LogP contribution < -0.4 is 0 Å². The first-order chi connectivity index (χ1) is 10.9. The van der Waals surface area contributed by atoms with Crippen LogP contribution in [0, 0.1) is 0 Å². The average molecular weight is 327 g/mol. The molecule has 0 aliphatic heterocycles. The first kappa shape index (κ1) is 22.2. The smallest absolute Gasteiger partial charge is 0.334 e. The Balaban J connectivity index is 3.55. The fourth-order valence-corrected chi connectivity index (χ4v) is 2.72. The van der Waals surface area contributed by atoms with Crippen molar-refractivity contribution in [3.63, 3.8) is 0 Å². The van der Waals surface area contributed by atoms with Crippen molar-refractivity contribution in [1.82, 2.24) is 0 Å². The second-order valence-electron chi connectivity index (χ2n) is 7.28. The zero-order chi connectivity index (χ0) is 17.6. The van der Waals surface area contributed by atoms with E-state index in [-0.39, 0.29) is 12.2 Å². The summed E-state index contributed by atoms with van der Waals surface area (Å²) in [6.45, 7) is 8.72. The van der Waals surface area contributed by atoms with E-state index < -0.39 is 0 Å². The van der Waals surface area contributed by atoms with Gasteiger partial charge in [0.15, 0.2) is 0 Å². The molecular weight excluding hydrogens is 286 g/mol. The highest BCUT2D eigenvalue weighted by Gasteiger charge is 2.25. The van der Waals surface area contributed by atoms with Crippen molar-refractivity contribution in [2.24, 2.45) is 0 Å². The quantitative estimate of drug-likeness (QED) is 0.131. The van der Waals surface area contributed by atoms with Crippen molar-refractivity contribution in [1.29, 1.82) is 0 Å². The zero-order valence-corrected chi connectivity index (χ0v) is 16.1. The third-order valence-corrected chi connectivity index (χ3v) is 4.78. The molecule has 0 saturated heterocycles. The van der Waals surface area contributed by atoms with Crippen molar-refractivity contribution in [2.45, 2.75) is 90.7 Å². The fourth-order valence-electron chi connectivity index (χ4n) is 2.72. The maximum Gasteiger partial charge on any atom is 0.334 e. The maximum atomic E-state index is 11.3. The van der Waals surface area contributed by atoms with E-state index in [1.807, 2.05) is 6.92 Å². The third-order valence-electron chi connectivity index (χ3n) is 4.78. The molecule has 0 fully saturated rings. The summed E-state index contributed by atoms with van der Waals surface area (Å²) in [4.78, 5) is 11.3. The van der Waals surface area contributed by atoms with Crippen LogP contribution in [0.25, 0.3) is 0 Å². The van der Waals surface area contributed by atoms with Crippen LogP contribution in [-0.4, -0.2) is 37.3 Å². The first-order valence-electron chi connectivity index (χ1n) is 9.59. The number of nitrogens with zero attached hydrogens (tertiary/aromatic N) is 1. The van der Waals surface area contributed by atoms with Crippen LogP contribution in [0.15, 0.2) is 12.7 Å². The van der Waals surface area contributed by atoms with Crippen LogP contribution >= 0.6 is 0 Å². The summed E-state index contributed by atoms with van der Waals surface area (Å²) in [5.41, 5.74) is 0. The molecule has 0 spiro atoms. The highest BCUT2D eigenvalue weighted by molar-refractivity contribution is 5.81. The van der Waals surface area contributed by atoms with Crippen molar-refractivity contribution >= 4 is 5.97 Å². The van der Waals surface area contributed by atoms with E-state index in [2.05, 4.69) is 27.6 Å². The molecule has 0 aliphatic carbocycles. The standard InChI is InChI=1S/C20H40NO2/c1-6-8-9-10-11-12-13-14-15-16-17-18-21(4,5)19(3)23-20(22)7-2/h7,19H,2,6,8-18H2,1,3-5H3/q+1. The van der Waals surface area contributed by atoms with Gasteiger partial charge in [0.05, 0.1) is 20.6 Å². The Bertz CT molecular complexity index is 313. The molecule has 1 atom stereocenters. The Kier molecular flexibility index (Phi) is 13.1. The van der Waals surface area contributed by atoms with Crippen molar-refractivity contribution in [3.05, 3.63) is 12.7 Å². The van der Waals surface area contributed by atoms with E-state index >= 15 is 0 Å². The van der Waals surface area contributed by atoms with E-state index in [4.69, 9.17) is 4.74 Å². The lowest BCUT2D eigenvalue weighted by Gasteiger charge is -2.34. The normalized spacial score (nSPS) is 12.9. The molecule has 23 heavy (non-hydrogen) atoms. The van der Waals surface area contributed by atoms with Crippen molar-refractivity contribution in [3.8, 4) is 0 Å². The number of esters is 1.